The fourth-order valence-corrected chi connectivity index (χ4v) is 7.16. The quantitative estimate of drug-likeness (QED) is 0.152. The Balaban J connectivity index is 1.22. The molecule has 7 rings (SSSR count). The van der Waals surface area contributed by atoms with Crippen LogP contribution in [0.5, 0.6) is 17.2 Å². The molecule has 1 amide bonds. The van der Waals surface area contributed by atoms with Crippen LogP contribution in [0.1, 0.15) is 46.0 Å². The zero-order valence-corrected chi connectivity index (χ0v) is 29.8. The predicted molar refractivity (Wildman–Crippen MR) is 191 cm³/mol. The minimum absolute atomic E-state index is 0.0403. The van der Waals surface area contributed by atoms with Crippen molar-refractivity contribution in [2.24, 2.45) is 5.92 Å². The van der Waals surface area contributed by atoms with Gasteiger partial charge in [0.2, 0.25) is 0 Å². The van der Waals surface area contributed by atoms with E-state index < -0.39 is 18.2 Å². The van der Waals surface area contributed by atoms with Gasteiger partial charge in [-0.05, 0) is 84.9 Å². The molecule has 4 aromatic rings. The lowest BCUT2D eigenvalue weighted by atomic mass is 9.86. The number of aromatic nitrogens is 1. The molecule has 0 unspecified atom stereocenters. The van der Waals surface area contributed by atoms with Gasteiger partial charge in [-0.25, -0.2) is 9.59 Å². The number of esters is 1. The van der Waals surface area contributed by atoms with Gasteiger partial charge in [-0.2, -0.15) is 0 Å². The summed E-state index contributed by atoms with van der Waals surface area (Å²) in [4.78, 5) is 35.0. The standard InChI is InChI=1S/C37H36Cl3N3O7/c1-47-32-10-7-25(15-34(32)48-2)33(17-27-29(39)18-41-19-30(27)40)49-36(45)24-5-3-22(4-6-24)20-43(31-16-26(44)8-9-28(31)38)37(46)50-35-21-42-13-11-23(35)12-14-42/h3-10,15-16,18-19,23,33,35,44H,11-14,17,20-21H2,1-2H3/t33-,35-/m0/s1. The number of aromatic hydroxyl groups is 1. The zero-order chi connectivity index (χ0) is 35.4. The van der Waals surface area contributed by atoms with Crippen molar-refractivity contribution in [2.75, 3.05) is 38.8 Å². The molecule has 10 nitrogen and oxygen atoms in total. The molecular weight excluding hydrogens is 705 g/mol. The summed E-state index contributed by atoms with van der Waals surface area (Å²) in [5, 5.41) is 11.2. The molecule has 3 fully saturated rings. The Bertz CT molecular complexity index is 1830. The number of phenols is 1. The van der Waals surface area contributed by atoms with Crippen LogP contribution in [0.4, 0.5) is 10.5 Å². The Hall–Kier alpha value is -4.22. The second-order valence-electron chi connectivity index (χ2n) is 12.3. The van der Waals surface area contributed by atoms with Crippen molar-refractivity contribution in [3.63, 3.8) is 0 Å². The van der Waals surface area contributed by atoms with Gasteiger partial charge in [-0.15, -0.1) is 0 Å². The summed E-state index contributed by atoms with van der Waals surface area (Å²) in [6, 6.07) is 16.4. The Morgan fingerprint density at radius 1 is 0.920 bits per heavy atom. The number of rotatable bonds is 11. The number of methoxy groups -OCH3 is 2. The molecule has 262 valence electrons. The molecule has 3 aliphatic rings. The number of halogens is 3. The number of nitrogens with zero attached hydrogens (tertiary/aromatic N) is 3. The number of phenolic OH excluding ortho intramolecular Hbond substituents is 1. The summed E-state index contributed by atoms with van der Waals surface area (Å²) >= 11 is 19.4. The number of benzene rings is 3. The van der Waals surface area contributed by atoms with E-state index in [1.165, 1.54) is 49.7 Å². The van der Waals surface area contributed by atoms with Crippen molar-refractivity contribution in [1.29, 1.82) is 0 Å². The molecule has 1 aromatic heterocycles. The van der Waals surface area contributed by atoms with Crippen LogP contribution in [0, 0.1) is 5.92 Å². The molecule has 3 aliphatic heterocycles. The van der Waals surface area contributed by atoms with Gasteiger partial charge in [0, 0.05) is 31.4 Å². The zero-order valence-electron chi connectivity index (χ0n) is 27.5. The Morgan fingerprint density at radius 2 is 1.62 bits per heavy atom. The second kappa shape index (κ2) is 15.8. The molecule has 3 aromatic carbocycles. The third-order valence-electron chi connectivity index (χ3n) is 9.19. The number of hydrogen-bond donors (Lipinski definition) is 1. The number of amides is 1. The summed E-state index contributed by atoms with van der Waals surface area (Å²) in [7, 11) is 3.06. The van der Waals surface area contributed by atoms with Gasteiger partial charge in [0.05, 0.1) is 47.1 Å². The maximum atomic E-state index is 13.7. The molecule has 0 spiro atoms. The topological polar surface area (TPSA) is 111 Å². The van der Waals surface area contributed by atoms with E-state index >= 15 is 0 Å². The van der Waals surface area contributed by atoms with Gasteiger partial charge >= 0.3 is 12.1 Å². The van der Waals surface area contributed by atoms with Crippen molar-refractivity contribution in [2.45, 2.75) is 38.0 Å². The first-order valence-electron chi connectivity index (χ1n) is 16.1. The highest BCUT2D eigenvalue weighted by Crippen LogP contribution is 2.37. The highest BCUT2D eigenvalue weighted by molar-refractivity contribution is 6.35. The predicted octanol–water partition coefficient (Wildman–Crippen LogP) is 8.14. The number of pyridine rings is 1. The number of hydrogen-bond acceptors (Lipinski definition) is 9. The average molecular weight is 741 g/mol. The summed E-state index contributed by atoms with van der Waals surface area (Å²) < 4.78 is 23.0. The van der Waals surface area contributed by atoms with Gasteiger partial charge in [0.25, 0.3) is 0 Å². The van der Waals surface area contributed by atoms with Crippen LogP contribution < -0.4 is 14.4 Å². The molecule has 3 saturated heterocycles. The second-order valence-corrected chi connectivity index (χ2v) is 13.5. The van der Waals surface area contributed by atoms with Crippen molar-refractivity contribution in [3.05, 3.63) is 110 Å². The molecular formula is C37H36Cl3N3O7. The minimum Gasteiger partial charge on any atom is -0.508 e. The van der Waals surface area contributed by atoms with E-state index in [9.17, 15) is 14.7 Å². The van der Waals surface area contributed by atoms with E-state index in [2.05, 4.69) is 9.88 Å². The molecule has 1 N–H and O–H groups in total. The first-order chi connectivity index (χ1) is 24.1. The Morgan fingerprint density at radius 3 is 2.26 bits per heavy atom. The number of carbonyl (C=O) groups is 2. The lowest BCUT2D eigenvalue weighted by Crippen LogP contribution is -2.53. The summed E-state index contributed by atoms with van der Waals surface area (Å²) in [5.74, 6) is 0.661. The summed E-state index contributed by atoms with van der Waals surface area (Å²) in [5.41, 5.74) is 2.49. The van der Waals surface area contributed by atoms with E-state index in [1.807, 2.05) is 0 Å². The number of fused-ring (bicyclic) bond motifs is 3. The number of carbonyl (C=O) groups excluding carboxylic acids is 2. The lowest BCUT2D eigenvalue weighted by molar-refractivity contribution is -0.0311. The van der Waals surface area contributed by atoms with Gasteiger partial charge in [0.15, 0.2) is 11.5 Å². The largest absolute Gasteiger partial charge is 0.508 e. The molecule has 13 heteroatoms. The molecule has 0 saturated carbocycles. The van der Waals surface area contributed by atoms with Crippen LogP contribution >= 0.6 is 34.8 Å². The van der Waals surface area contributed by atoms with Crippen molar-refractivity contribution >= 4 is 52.6 Å². The molecule has 0 aliphatic carbocycles. The molecule has 50 heavy (non-hydrogen) atoms. The van der Waals surface area contributed by atoms with Crippen LogP contribution in [0.25, 0.3) is 0 Å². The minimum atomic E-state index is -0.802. The highest BCUT2D eigenvalue weighted by Gasteiger charge is 2.38. The maximum Gasteiger partial charge on any atom is 0.414 e. The number of piperidine rings is 3. The fourth-order valence-electron chi connectivity index (χ4n) is 6.42. The van der Waals surface area contributed by atoms with Crippen LogP contribution in [0.3, 0.4) is 0 Å². The summed E-state index contributed by atoms with van der Waals surface area (Å²) in [6.45, 7) is 2.79. The summed E-state index contributed by atoms with van der Waals surface area (Å²) in [6.07, 6.45) is 3.51. The third kappa shape index (κ3) is 8.05. The van der Waals surface area contributed by atoms with Crippen molar-refractivity contribution in [1.82, 2.24) is 9.88 Å². The van der Waals surface area contributed by atoms with E-state index in [0.717, 1.165) is 25.9 Å². The van der Waals surface area contributed by atoms with Gasteiger partial charge in [0.1, 0.15) is 18.0 Å². The Labute approximate surface area is 305 Å². The van der Waals surface area contributed by atoms with Gasteiger partial charge in [-0.3, -0.25) is 14.8 Å². The maximum absolute atomic E-state index is 13.7. The molecule has 2 bridgehead atoms. The average Bonchev–Trinajstić information content (AvgIpc) is 3.13. The van der Waals surface area contributed by atoms with Gasteiger partial charge in [-0.1, -0.05) is 53.0 Å². The van der Waals surface area contributed by atoms with Gasteiger partial charge < -0.3 is 24.1 Å². The van der Waals surface area contributed by atoms with E-state index in [-0.39, 0.29) is 35.4 Å². The van der Waals surface area contributed by atoms with Crippen LogP contribution in [-0.2, 0) is 22.4 Å². The van der Waals surface area contributed by atoms with Crippen molar-refractivity contribution in [3.8, 4) is 17.2 Å². The smallest absolute Gasteiger partial charge is 0.414 e. The van der Waals surface area contributed by atoms with Crippen LogP contribution in [0.15, 0.2) is 73.1 Å². The monoisotopic (exact) mass is 739 g/mol. The SMILES string of the molecule is COc1ccc([C@H](Cc2c(Cl)cncc2Cl)OC(=O)c2ccc(CN(C(=O)O[C@H]3CN4CCC3CC4)c3cc(O)ccc3Cl)cc2)cc1OC. The molecule has 0 radical (unpaired) electrons. The normalized spacial score (nSPS) is 18.6. The van der Waals surface area contributed by atoms with E-state index in [4.69, 9.17) is 53.8 Å². The van der Waals surface area contributed by atoms with E-state index in [0.29, 0.717) is 56.4 Å². The lowest BCUT2D eigenvalue weighted by Gasteiger charge is -2.44. The van der Waals surface area contributed by atoms with Crippen molar-refractivity contribution < 1.29 is 33.6 Å². The number of ether oxygens (including phenoxy) is 4. The molecule has 4 heterocycles. The van der Waals surface area contributed by atoms with Crippen LogP contribution in [0.2, 0.25) is 15.1 Å². The number of anilines is 1. The first-order valence-corrected chi connectivity index (χ1v) is 17.3. The van der Waals surface area contributed by atoms with E-state index in [1.54, 1.807) is 42.5 Å². The molecule has 2 atom stereocenters. The Kier molecular flexibility index (Phi) is 11.2. The third-order valence-corrected chi connectivity index (χ3v) is 10.2. The van der Waals surface area contributed by atoms with Crippen LogP contribution in [-0.4, -0.2) is 67.0 Å². The highest BCUT2D eigenvalue weighted by atomic mass is 35.5. The fraction of sp³-hybridized carbons (Fsp3) is 0.324. The first kappa shape index (κ1) is 35.6.